The zero-order valence-corrected chi connectivity index (χ0v) is 9.57. The van der Waals surface area contributed by atoms with Crippen molar-refractivity contribution in [2.24, 2.45) is 0 Å². The SMILES string of the molecule is [O]=[Np][O][Np]=[O]. The molecular formula is Np2O3. The molecule has 0 saturated carbocycles. The molecule has 0 aliphatic rings. The summed E-state index contributed by atoms with van der Waals surface area (Å²) >= 11 is -3.92. The van der Waals surface area contributed by atoms with Crippen molar-refractivity contribution in [3.63, 3.8) is 0 Å². The molecule has 0 aromatic heterocycles. The summed E-state index contributed by atoms with van der Waals surface area (Å²) in [6.07, 6.45) is 0. The molecular weight excluding hydrogens is 522 g/mol. The first-order valence-corrected chi connectivity index (χ1v) is 6.81. The minimum atomic E-state index is -1.96. The van der Waals surface area contributed by atoms with E-state index < -0.39 is 54.3 Å². The van der Waals surface area contributed by atoms with Crippen molar-refractivity contribution in [2.75, 3.05) is 0 Å². The van der Waals surface area contributed by atoms with Gasteiger partial charge < -0.3 is 0 Å². The first-order valence-electron chi connectivity index (χ1n) is 0.730. The van der Waals surface area contributed by atoms with E-state index >= 15 is 0 Å². The van der Waals surface area contributed by atoms with Crippen LogP contribution in [0.4, 0.5) is 0 Å². The summed E-state index contributed by atoms with van der Waals surface area (Å²) in [5.74, 6) is 0. The standard InChI is InChI=1S/2Np.3O. The van der Waals surface area contributed by atoms with Gasteiger partial charge in [-0.15, -0.1) is 0 Å². The monoisotopic (exact) mass is 520 g/mol. The van der Waals surface area contributed by atoms with Gasteiger partial charge in [0, 0.05) is 0 Å². The van der Waals surface area contributed by atoms with Crippen molar-refractivity contribution in [1.82, 2.24) is 0 Å². The Hall–Kier alpha value is 1.59. The molecule has 3 nitrogen and oxygen atoms in total. The maximum atomic E-state index is 9.36. The number of hydrogen-bond donors (Lipinski definition) is 0. The Balaban J connectivity index is 2.65. The normalized spacial score (nSPS) is 4.80. The molecule has 0 rings (SSSR count). The van der Waals surface area contributed by atoms with Crippen LogP contribution >= 0.6 is 0 Å². The summed E-state index contributed by atoms with van der Waals surface area (Å²) in [4.78, 5) is 0. The summed E-state index contributed by atoms with van der Waals surface area (Å²) < 4.78 is 22.8. The molecule has 0 bridgehead atoms. The van der Waals surface area contributed by atoms with Crippen molar-refractivity contribution >= 4 is 0 Å². The molecule has 5 heteroatoms. The van der Waals surface area contributed by atoms with Crippen molar-refractivity contribution < 1.29 is 59.1 Å². The fourth-order valence-corrected chi connectivity index (χ4v) is 1.18. The molecule has 0 radical (unpaired) electrons. The van der Waals surface area contributed by atoms with Crippen LogP contribution in [0, 0.1) is 54.3 Å². The van der Waals surface area contributed by atoms with Crippen molar-refractivity contribution in [3.8, 4) is 0 Å². The van der Waals surface area contributed by atoms with E-state index in [0.29, 0.717) is 0 Å². The second-order valence-corrected chi connectivity index (χ2v) is 8.49. The molecule has 0 aliphatic heterocycles. The Morgan fingerprint density at radius 3 is 1.60 bits per heavy atom. The molecule has 0 spiro atoms. The molecule has 0 aromatic carbocycles. The first kappa shape index (κ1) is 6.59. The average Bonchev–Trinajstić information content (AvgIpc) is 1.41. The second-order valence-electron chi connectivity index (χ2n) is 0.231. The Morgan fingerprint density at radius 2 is 1.60 bits per heavy atom. The quantitative estimate of drug-likeness (QED) is 0.501. The van der Waals surface area contributed by atoms with Gasteiger partial charge in [-0.25, -0.2) is 0 Å². The first-order chi connectivity index (χ1) is 2.41. The average molecular weight is 522 g/mol. The molecule has 0 saturated heterocycles. The molecule has 5 heavy (non-hydrogen) atoms. The Labute approximate surface area is 58.2 Å². The van der Waals surface area contributed by atoms with Crippen LogP contribution in [-0.2, 0) is 4.77 Å². The van der Waals surface area contributed by atoms with E-state index in [2.05, 4.69) is 0.0214 Å². The van der Waals surface area contributed by atoms with Gasteiger partial charge in [0.15, 0.2) is 0 Å². The summed E-state index contributed by atoms with van der Waals surface area (Å²) in [5.41, 5.74) is 0. The molecule has 0 N–H and O–H groups in total. The van der Waals surface area contributed by atoms with Gasteiger partial charge >= 0.3 is 59.1 Å². The van der Waals surface area contributed by atoms with E-state index in [1.807, 2.05) is 0 Å². The van der Waals surface area contributed by atoms with Gasteiger partial charge in [0.25, 0.3) is 0 Å². The summed E-state index contributed by atoms with van der Waals surface area (Å²) in [5, 5.41) is 0. The Morgan fingerprint density at radius 1 is 1.20 bits per heavy atom. The molecule has 0 amide bonds. The van der Waals surface area contributed by atoms with Crippen LogP contribution in [0.25, 0.3) is 0 Å². The fourth-order valence-electron chi connectivity index (χ4n) is 0.0136. The summed E-state index contributed by atoms with van der Waals surface area (Å²) in [6.45, 7) is 0. The van der Waals surface area contributed by atoms with Crippen LogP contribution in [-0.4, -0.2) is 0 Å². The third kappa shape index (κ3) is 5.59. The van der Waals surface area contributed by atoms with E-state index in [9.17, 15) is 4.75 Å². The fraction of sp³-hybridized carbons (Fsp3) is 0. The summed E-state index contributed by atoms with van der Waals surface area (Å²) in [6, 6.07) is 0. The molecule has 0 unspecified atom stereocenters. The van der Waals surface area contributed by atoms with E-state index in [4.69, 9.17) is 0 Å². The van der Waals surface area contributed by atoms with Crippen LogP contribution in [0.3, 0.4) is 0 Å². The van der Waals surface area contributed by atoms with E-state index in [1.165, 1.54) is 0 Å². The predicted octanol–water partition coefficient (Wildman–Crippen LogP) is -0.306. The third-order valence-corrected chi connectivity index (χ3v) is 5.80. The second kappa shape index (κ2) is 5.59. The molecule has 0 fully saturated rings. The molecule has 0 atom stereocenters. The molecule has 0 aliphatic carbocycles. The topological polar surface area (TPSA) is 43.4 Å². The van der Waals surface area contributed by atoms with Gasteiger partial charge in [0.1, 0.15) is 0 Å². The minimum absolute atomic E-state index is 1.96. The van der Waals surface area contributed by atoms with Gasteiger partial charge in [-0.05, 0) is 0 Å². The van der Waals surface area contributed by atoms with Crippen LogP contribution < -0.4 is 0 Å². The Bertz CT molecular complexity index is 34.2. The van der Waals surface area contributed by atoms with E-state index in [-0.39, 0.29) is 0 Å². The number of hydrogen-bond acceptors (Lipinski definition) is 3. The molecule has 0 heterocycles. The van der Waals surface area contributed by atoms with E-state index in [1.54, 1.807) is 0 Å². The van der Waals surface area contributed by atoms with E-state index in [0.717, 1.165) is 0 Å². The molecule has 28 valence electrons. The molecule has 0 aromatic rings. The Kier molecular flexibility index (Phi) is 7.36. The van der Waals surface area contributed by atoms with Gasteiger partial charge in [0.05, 0.1) is 0 Å². The van der Waals surface area contributed by atoms with Gasteiger partial charge in [-0.1, -0.05) is 0 Å². The number of rotatable bonds is 2. The zero-order chi connectivity index (χ0) is 4.12. The van der Waals surface area contributed by atoms with Crippen LogP contribution in [0.1, 0.15) is 0 Å². The van der Waals surface area contributed by atoms with Crippen molar-refractivity contribution in [3.05, 3.63) is 0 Å². The van der Waals surface area contributed by atoms with Crippen LogP contribution in [0.15, 0.2) is 0 Å². The van der Waals surface area contributed by atoms with Crippen LogP contribution in [0.2, 0.25) is 0 Å². The van der Waals surface area contributed by atoms with Gasteiger partial charge in [-0.2, -0.15) is 0 Å². The van der Waals surface area contributed by atoms with Crippen molar-refractivity contribution in [1.29, 1.82) is 0 Å². The van der Waals surface area contributed by atoms with Gasteiger partial charge in [-0.3, -0.25) is 0 Å². The predicted molar refractivity (Wildman–Crippen MR) is 2.46 cm³/mol. The maximum absolute atomic E-state index is 9.36. The van der Waals surface area contributed by atoms with Gasteiger partial charge in [0.2, 0.25) is 0 Å². The summed E-state index contributed by atoms with van der Waals surface area (Å²) in [7, 11) is 0. The third-order valence-electron chi connectivity index (χ3n) is 0.0667. The van der Waals surface area contributed by atoms with Crippen LogP contribution in [0.5, 0.6) is 0 Å². The zero-order valence-electron chi connectivity index (χ0n) is 2.12. The van der Waals surface area contributed by atoms with Crippen molar-refractivity contribution in [2.45, 2.75) is 0 Å².